The lowest BCUT2D eigenvalue weighted by molar-refractivity contribution is -0.110. The van der Waals surface area contributed by atoms with E-state index in [0.717, 1.165) is 22.4 Å². The minimum absolute atomic E-state index is 0.0326. The highest BCUT2D eigenvalue weighted by Gasteiger charge is 2.22. The highest BCUT2D eigenvalue weighted by atomic mass is 127. The topological polar surface area (TPSA) is 29.1 Å². The van der Waals surface area contributed by atoms with Crippen molar-refractivity contribution in [2.45, 2.75) is 0 Å². The van der Waals surface area contributed by atoms with Crippen LogP contribution in [0.25, 0.3) is 11.6 Å². The third-order valence-electron chi connectivity index (χ3n) is 2.89. The molecule has 0 bridgehead atoms. The fourth-order valence-corrected chi connectivity index (χ4v) is 2.37. The molecule has 0 spiro atoms. The van der Waals surface area contributed by atoms with Gasteiger partial charge in [-0.1, -0.05) is 30.3 Å². The third kappa shape index (κ3) is 2.06. The van der Waals surface area contributed by atoms with Crippen molar-refractivity contribution in [3.05, 3.63) is 63.2 Å². The van der Waals surface area contributed by atoms with E-state index in [9.17, 15) is 4.79 Å². The Balaban J connectivity index is 2.07. The molecule has 18 heavy (non-hydrogen) atoms. The molecule has 0 unspecified atom stereocenters. The number of hydrogen-bond acceptors (Lipinski definition) is 1. The molecule has 0 saturated heterocycles. The summed E-state index contributed by atoms with van der Waals surface area (Å²) in [6, 6.07) is 15.9. The van der Waals surface area contributed by atoms with E-state index < -0.39 is 0 Å². The molecular formula is C15H10INO. The lowest BCUT2D eigenvalue weighted by Gasteiger charge is -1.98. The minimum Gasteiger partial charge on any atom is -0.321 e. The van der Waals surface area contributed by atoms with Crippen molar-refractivity contribution in [1.82, 2.24) is 0 Å². The van der Waals surface area contributed by atoms with Crippen LogP contribution in [0.15, 0.2) is 48.5 Å². The van der Waals surface area contributed by atoms with E-state index >= 15 is 0 Å². The van der Waals surface area contributed by atoms with Gasteiger partial charge >= 0.3 is 0 Å². The molecule has 1 aliphatic heterocycles. The summed E-state index contributed by atoms with van der Waals surface area (Å²) in [5.74, 6) is -0.0326. The van der Waals surface area contributed by atoms with Gasteiger partial charge in [0.15, 0.2) is 0 Å². The normalized spacial score (nSPS) is 15.6. The Hall–Kier alpha value is -1.62. The maximum atomic E-state index is 11.9. The van der Waals surface area contributed by atoms with Crippen molar-refractivity contribution in [1.29, 1.82) is 0 Å². The van der Waals surface area contributed by atoms with Crippen LogP contribution >= 0.6 is 22.6 Å². The first-order chi connectivity index (χ1) is 8.74. The number of benzene rings is 2. The van der Waals surface area contributed by atoms with E-state index in [1.54, 1.807) is 0 Å². The summed E-state index contributed by atoms with van der Waals surface area (Å²) in [6.45, 7) is 0. The summed E-state index contributed by atoms with van der Waals surface area (Å²) < 4.78 is 1.19. The Labute approximate surface area is 119 Å². The number of anilines is 1. The molecule has 0 radical (unpaired) electrons. The summed E-state index contributed by atoms with van der Waals surface area (Å²) in [4.78, 5) is 11.9. The van der Waals surface area contributed by atoms with Gasteiger partial charge in [-0.3, -0.25) is 4.79 Å². The zero-order valence-corrected chi connectivity index (χ0v) is 11.6. The van der Waals surface area contributed by atoms with Gasteiger partial charge in [0.2, 0.25) is 0 Å². The van der Waals surface area contributed by atoms with Crippen LogP contribution in [0.2, 0.25) is 0 Å². The number of nitrogens with one attached hydrogen (secondary N) is 1. The molecule has 2 aromatic rings. The highest BCUT2D eigenvalue weighted by Crippen LogP contribution is 2.32. The molecule has 2 nitrogen and oxygen atoms in total. The average molecular weight is 347 g/mol. The number of fused-ring (bicyclic) bond motifs is 1. The van der Waals surface area contributed by atoms with Crippen LogP contribution in [-0.2, 0) is 4.79 Å². The molecule has 0 aromatic heterocycles. The lowest BCUT2D eigenvalue weighted by atomic mass is 10.0. The molecule has 3 rings (SSSR count). The Morgan fingerprint density at radius 3 is 2.50 bits per heavy atom. The van der Waals surface area contributed by atoms with Crippen molar-refractivity contribution in [2.24, 2.45) is 0 Å². The smallest absolute Gasteiger partial charge is 0.256 e. The number of carbonyl (C=O) groups excluding carboxylic acids is 1. The second-order valence-corrected chi connectivity index (χ2v) is 5.35. The molecule has 0 atom stereocenters. The first-order valence-corrected chi connectivity index (χ1v) is 6.70. The fraction of sp³-hybridized carbons (Fsp3) is 0. The van der Waals surface area contributed by atoms with Gasteiger partial charge in [-0.25, -0.2) is 0 Å². The number of carbonyl (C=O) groups is 1. The molecule has 2 aromatic carbocycles. The van der Waals surface area contributed by atoms with Crippen molar-refractivity contribution in [3.63, 3.8) is 0 Å². The van der Waals surface area contributed by atoms with Gasteiger partial charge in [-0.05, 0) is 52.4 Å². The standard InChI is InChI=1S/C15H10INO/c16-11-7-5-10(6-8-11)9-13-12-3-1-2-4-14(12)17-15(13)18/h1-9H,(H,17,18)/b13-9-. The van der Waals surface area contributed by atoms with E-state index in [-0.39, 0.29) is 5.91 Å². The van der Waals surface area contributed by atoms with E-state index in [1.807, 2.05) is 54.6 Å². The van der Waals surface area contributed by atoms with Crippen LogP contribution in [0.1, 0.15) is 11.1 Å². The maximum Gasteiger partial charge on any atom is 0.256 e. The second-order valence-electron chi connectivity index (χ2n) is 4.11. The average Bonchev–Trinajstić information content (AvgIpc) is 2.69. The molecule has 88 valence electrons. The van der Waals surface area contributed by atoms with Crippen LogP contribution in [0, 0.1) is 3.57 Å². The SMILES string of the molecule is O=C1Nc2ccccc2/C1=C/c1ccc(I)cc1. The molecule has 1 amide bonds. The maximum absolute atomic E-state index is 11.9. The molecule has 1 N–H and O–H groups in total. The van der Waals surface area contributed by atoms with Crippen LogP contribution in [0.5, 0.6) is 0 Å². The molecule has 0 saturated carbocycles. The van der Waals surface area contributed by atoms with Gasteiger partial charge in [0.05, 0.1) is 0 Å². The van der Waals surface area contributed by atoms with Gasteiger partial charge in [-0.2, -0.15) is 0 Å². The quantitative estimate of drug-likeness (QED) is 0.617. The van der Waals surface area contributed by atoms with Crippen molar-refractivity contribution in [2.75, 3.05) is 5.32 Å². The molecular weight excluding hydrogens is 337 g/mol. The zero-order chi connectivity index (χ0) is 12.5. The van der Waals surface area contributed by atoms with E-state index in [0.29, 0.717) is 0 Å². The predicted octanol–water partition coefficient (Wildman–Crippen LogP) is 3.78. The molecule has 0 fully saturated rings. The zero-order valence-electron chi connectivity index (χ0n) is 9.48. The van der Waals surface area contributed by atoms with Gasteiger partial charge in [-0.15, -0.1) is 0 Å². The van der Waals surface area contributed by atoms with Crippen molar-refractivity contribution >= 4 is 45.8 Å². The number of rotatable bonds is 1. The summed E-state index contributed by atoms with van der Waals surface area (Å²) in [7, 11) is 0. The Bertz CT molecular complexity index is 644. The van der Waals surface area contributed by atoms with Crippen LogP contribution in [0.3, 0.4) is 0 Å². The first-order valence-electron chi connectivity index (χ1n) is 5.62. The number of amides is 1. The molecule has 3 heteroatoms. The Morgan fingerprint density at radius 2 is 1.72 bits per heavy atom. The van der Waals surface area contributed by atoms with Crippen LogP contribution in [0.4, 0.5) is 5.69 Å². The van der Waals surface area contributed by atoms with Crippen LogP contribution < -0.4 is 5.32 Å². The number of halogens is 1. The first kappa shape index (κ1) is 11.5. The van der Waals surface area contributed by atoms with Crippen molar-refractivity contribution in [3.8, 4) is 0 Å². The van der Waals surface area contributed by atoms with E-state index in [2.05, 4.69) is 27.9 Å². The minimum atomic E-state index is -0.0326. The Morgan fingerprint density at radius 1 is 1.00 bits per heavy atom. The second kappa shape index (κ2) is 4.57. The Kier molecular flexibility index (Phi) is 2.91. The fourth-order valence-electron chi connectivity index (χ4n) is 2.01. The molecule has 1 heterocycles. The molecule has 0 aliphatic carbocycles. The number of hydrogen-bond donors (Lipinski definition) is 1. The van der Waals surface area contributed by atoms with Crippen LogP contribution in [-0.4, -0.2) is 5.91 Å². The summed E-state index contributed by atoms with van der Waals surface area (Å²) in [6.07, 6.45) is 1.93. The highest BCUT2D eigenvalue weighted by molar-refractivity contribution is 14.1. The van der Waals surface area contributed by atoms with Gasteiger partial charge < -0.3 is 5.32 Å². The van der Waals surface area contributed by atoms with Gasteiger partial charge in [0, 0.05) is 20.4 Å². The van der Waals surface area contributed by atoms with E-state index in [1.165, 1.54) is 3.57 Å². The van der Waals surface area contributed by atoms with E-state index in [4.69, 9.17) is 0 Å². The van der Waals surface area contributed by atoms with Gasteiger partial charge in [0.1, 0.15) is 0 Å². The predicted molar refractivity (Wildman–Crippen MR) is 82.1 cm³/mol. The third-order valence-corrected chi connectivity index (χ3v) is 3.61. The monoisotopic (exact) mass is 347 g/mol. The molecule has 1 aliphatic rings. The summed E-state index contributed by atoms with van der Waals surface area (Å²) >= 11 is 2.27. The van der Waals surface area contributed by atoms with Crippen molar-refractivity contribution < 1.29 is 4.79 Å². The largest absolute Gasteiger partial charge is 0.321 e. The number of para-hydroxylation sites is 1. The summed E-state index contributed by atoms with van der Waals surface area (Å²) in [5.41, 5.74) is 3.63. The van der Waals surface area contributed by atoms with Gasteiger partial charge in [0.25, 0.3) is 5.91 Å². The lowest BCUT2D eigenvalue weighted by Crippen LogP contribution is -2.03. The summed E-state index contributed by atoms with van der Waals surface area (Å²) in [5, 5.41) is 2.87.